The molecule has 0 saturated carbocycles. The lowest BCUT2D eigenvalue weighted by Crippen LogP contribution is -3.06. The van der Waals surface area contributed by atoms with Crippen LogP contribution in [0.4, 0.5) is 11.4 Å². The third-order valence-corrected chi connectivity index (χ3v) is 4.98. The zero-order valence-electron chi connectivity index (χ0n) is 17.8. The van der Waals surface area contributed by atoms with E-state index in [2.05, 4.69) is 12.3 Å². The van der Waals surface area contributed by atoms with Crippen molar-refractivity contribution in [2.45, 2.75) is 13.1 Å². The second kappa shape index (κ2) is 11.3. The van der Waals surface area contributed by atoms with Crippen molar-refractivity contribution in [3.05, 3.63) is 134 Å². The van der Waals surface area contributed by atoms with Crippen LogP contribution in [0.3, 0.4) is 0 Å². The van der Waals surface area contributed by atoms with E-state index < -0.39 is 4.92 Å². The van der Waals surface area contributed by atoms with Gasteiger partial charge in [-0.3, -0.25) is 25.6 Å². The molecule has 0 bridgehead atoms. The van der Waals surface area contributed by atoms with E-state index in [4.69, 9.17) is 5.41 Å². The summed E-state index contributed by atoms with van der Waals surface area (Å²) in [6.07, 6.45) is 10.1. The SMILES string of the molecule is N=c1ccccn1Cc1ccc([N+](=O)[O-])cc1.O=[N+]([O-])c1ccc(C[NH+]2C=CC=CC2)cc1. The van der Waals surface area contributed by atoms with Crippen molar-refractivity contribution in [1.29, 1.82) is 5.41 Å². The zero-order chi connectivity index (χ0) is 23.6. The van der Waals surface area contributed by atoms with E-state index in [1.165, 1.54) is 17.0 Å². The molecule has 0 fully saturated rings. The average molecular weight is 446 g/mol. The minimum absolute atomic E-state index is 0.0814. The van der Waals surface area contributed by atoms with Crippen molar-refractivity contribution in [2.24, 2.45) is 0 Å². The molecule has 4 rings (SSSR count). The minimum atomic E-state index is -0.421. The Morgan fingerprint density at radius 2 is 1.45 bits per heavy atom. The number of nitrogens with one attached hydrogen (secondary N) is 2. The van der Waals surface area contributed by atoms with Crippen LogP contribution in [0.1, 0.15) is 11.1 Å². The zero-order valence-corrected chi connectivity index (χ0v) is 17.8. The molecular weight excluding hydrogens is 422 g/mol. The van der Waals surface area contributed by atoms with Crippen LogP contribution in [0.5, 0.6) is 0 Å². The molecule has 2 heterocycles. The molecule has 2 N–H and O–H groups in total. The summed E-state index contributed by atoms with van der Waals surface area (Å²) in [5, 5.41) is 28.7. The van der Waals surface area contributed by atoms with Gasteiger partial charge in [-0.15, -0.1) is 0 Å². The highest BCUT2D eigenvalue weighted by Crippen LogP contribution is 2.12. The van der Waals surface area contributed by atoms with Gasteiger partial charge in [0.25, 0.3) is 11.4 Å². The third kappa shape index (κ3) is 7.08. The fourth-order valence-electron chi connectivity index (χ4n) is 3.22. The first-order valence-electron chi connectivity index (χ1n) is 10.3. The van der Waals surface area contributed by atoms with Crippen LogP contribution >= 0.6 is 0 Å². The molecule has 0 radical (unpaired) electrons. The Balaban J connectivity index is 0.000000186. The third-order valence-electron chi connectivity index (χ3n) is 4.98. The highest BCUT2D eigenvalue weighted by atomic mass is 16.6. The van der Waals surface area contributed by atoms with E-state index in [1.807, 2.05) is 36.5 Å². The van der Waals surface area contributed by atoms with Crippen molar-refractivity contribution in [3.8, 4) is 0 Å². The van der Waals surface area contributed by atoms with Gasteiger partial charge in [-0.1, -0.05) is 24.3 Å². The summed E-state index contributed by atoms with van der Waals surface area (Å²) in [5.41, 5.74) is 2.68. The summed E-state index contributed by atoms with van der Waals surface area (Å²) in [7, 11) is 0. The van der Waals surface area contributed by atoms with E-state index in [9.17, 15) is 20.2 Å². The first kappa shape index (κ1) is 23.3. The second-order valence-electron chi connectivity index (χ2n) is 7.39. The van der Waals surface area contributed by atoms with Crippen LogP contribution in [0.2, 0.25) is 0 Å². The molecule has 168 valence electrons. The fourth-order valence-corrected chi connectivity index (χ4v) is 3.22. The predicted molar refractivity (Wildman–Crippen MR) is 123 cm³/mol. The van der Waals surface area contributed by atoms with Gasteiger partial charge in [-0.2, -0.15) is 0 Å². The number of non-ortho nitro benzene ring substituents is 2. The van der Waals surface area contributed by atoms with Crippen LogP contribution in [0.25, 0.3) is 0 Å². The number of aromatic nitrogens is 1. The molecule has 1 unspecified atom stereocenters. The van der Waals surface area contributed by atoms with Gasteiger partial charge < -0.3 is 9.47 Å². The van der Waals surface area contributed by atoms with Gasteiger partial charge in [0.1, 0.15) is 18.6 Å². The van der Waals surface area contributed by atoms with Gasteiger partial charge in [-0.25, -0.2) is 0 Å². The molecule has 0 saturated heterocycles. The first-order valence-corrected chi connectivity index (χ1v) is 10.3. The lowest BCUT2D eigenvalue weighted by atomic mass is 10.2. The standard InChI is InChI=1S/C12H11N3O2.C12H12N2O2/c13-12-3-1-2-8-14(12)9-10-4-6-11(7-5-10)15(16)17;15-14(16)12-6-4-11(5-7-12)10-13-8-2-1-3-9-13/h1-8,13H,9H2;1-8H,9-10H2/p+1. The monoisotopic (exact) mass is 446 g/mol. The van der Waals surface area contributed by atoms with E-state index in [0.717, 1.165) is 24.2 Å². The van der Waals surface area contributed by atoms with Crippen LogP contribution in [0, 0.1) is 25.6 Å². The van der Waals surface area contributed by atoms with Crippen molar-refractivity contribution in [1.82, 2.24) is 4.57 Å². The normalized spacial score (nSPS) is 14.2. The van der Waals surface area contributed by atoms with Crippen molar-refractivity contribution >= 4 is 11.4 Å². The number of quaternary nitrogens is 1. The van der Waals surface area contributed by atoms with Crippen molar-refractivity contribution in [3.63, 3.8) is 0 Å². The van der Waals surface area contributed by atoms with Crippen LogP contribution in [0.15, 0.2) is 97.4 Å². The number of nitro groups is 2. The number of benzene rings is 2. The number of hydrogen-bond acceptors (Lipinski definition) is 5. The van der Waals surface area contributed by atoms with Crippen LogP contribution in [-0.4, -0.2) is 21.0 Å². The quantitative estimate of drug-likeness (QED) is 0.447. The molecule has 1 atom stereocenters. The number of hydrogen-bond donors (Lipinski definition) is 2. The molecule has 0 aliphatic carbocycles. The molecule has 0 amide bonds. The Labute approximate surface area is 190 Å². The second-order valence-corrected chi connectivity index (χ2v) is 7.39. The summed E-state index contributed by atoms with van der Waals surface area (Å²) >= 11 is 0. The Hall–Kier alpha value is -4.37. The molecule has 3 aromatic rings. The van der Waals surface area contributed by atoms with Gasteiger partial charge in [-0.05, 0) is 42.0 Å². The lowest BCUT2D eigenvalue weighted by Gasteiger charge is -2.14. The van der Waals surface area contributed by atoms with E-state index >= 15 is 0 Å². The summed E-state index contributed by atoms with van der Waals surface area (Å²) in [4.78, 5) is 21.5. The smallest absolute Gasteiger partial charge is 0.269 e. The molecule has 0 spiro atoms. The number of pyridine rings is 1. The maximum Gasteiger partial charge on any atom is 0.269 e. The Bertz CT molecular complexity index is 1210. The van der Waals surface area contributed by atoms with Crippen LogP contribution < -0.4 is 10.4 Å². The van der Waals surface area contributed by atoms with Crippen molar-refractivity contribution < 1.29 is 14.7 Å². The Morgan fingerprint density at radius 1 is 0.848 bits per heavy atom. The number of nitrogens with zero attached hydrogens (tertiary/aromatic N) is 3. The molecule has 9 heteroatoms. The van der Waals surface area contributed by atoms with Crippen LogP contribution in [-0.2, 0) is 13.1 Å². The van der Waals surface area contributed by atoms with Gasteiger partial charge in [0.2, 0.25) is 0 Å². The van der Waals surface area contributed by atoms with Gasteiger partial charge in [0.15, 0.2) is 0 Å². The van der Waals surface area contributed by atoms with Gasteiger partial charge in [0, 0.05) is 42.6 Å². The lowest BCUT2D eigenvalue weighted by molar-refractivity contribution is -0.855. The Morgan fingerprint density at radius 3 is 1.97 bits per heavy atom. The molecule has 33 heavy (non-hydrogen) atoms. The predicted octanol–water partition coefficient (Wildman–Crippen LogP) is 2.99. The summed E-state index contributed by atoms with van der Waals surface area (Å²) < 4.78 is 1.77. The molecule has 1 aromatic heterocycles. The average Bonchev–Trinajstić information content (AvgIpc) is 2.82. The summed E-state index contributed by atoms with van der Waals surface area (Å²) in [5.74, 6) is 0. The Kier molecular flexibility index (Phi) is 7.98. The number of nitro benzene ring substituents is 2. The highest BCUT2D eigenvalue weighted by Gasteiger charge is 2.09. The van der Waals surface area contributed by atoms with Gasteiger partial charge in [0.05, 0.1) is 16.0 Å². The van der Waals surface area contributed by atoms with E-state index in [0.29, 0.717) is 12.0 Å². The molecule has 9 nitrogen and oxygen atoms in total. The number of allylic oxidation sites excluding steroid dienone is 2. The molecule has 1 aliphatic rings. The number of rotatable bonds is 6. The topological polar surface area (TPSA) is 120 Å². The minimum Gasteiger partial charge on any atom is -0.329 e. The first-order chi connectivity index (χ1) is 15.9. The van der Waals surface area contributed by atoms with Crippen molar-refractivity contribution in [2.75, 3.05) is 6.54 Å². The van der Waals surface area contributed by atoms with Gasteiger partial charge >= 0.3 is 0 Å². The van der Waals surface area contributed by atoms with E-state index in [-0.39, 0.29) is 16.3 Å². The summed E-state index contributed by atoms with van der Waals surface area (Å²) in [6.45, 7) is 2.37. The maximum absolute atomic E-state index is 10.5. The maximum atomic E-state index is 10.5. The summed E-state index contributed by atoms with van der Waals surface area (Å²) in [6, 6.07) is 18.5. The molecular formula is C24H24N5O4+. The highest BCUT2D eigenvalue weighted by molar-refractivity contribution is 5.33. The molecule has 1 aliphatic heterocycles. The van der Waals surface area contributed by atoms with E-state index in [1.54, 1.807) is 41.0 Å². The molecule has 2 aromatic carbocycles. The largest absolute Gasteiger partial charge is 0.329 e. The fraction of sp³-hybridized carbons (Fsp3) is 0.125.